The Bertz CT molecular complexity index is 515. The van der Waals surface area contributed by atoms with Crippen LogP contribution in [0.4, 0.5) is 4.39 Å². The third-order valence-corrected chi connectivity index (χ3v) is 2.55. The molecule has 20 heavy (non-hydrogen) atoms. The SMILES string of the molecule is C=C/C=C(\C)N=CN(C)CNC(=C)c1ccc(F)cc1. The van der Waals surface area contributed by atoms with Gasteiger partial charge in [0.25, 0.3) is 0 Å². The Kier molecular flexibility index (Phi) is 6.23. The van der Waals surface area contributed by atoms with E-state index in [1.54, 1.807) is 24.5 Å². The fraction of sp³-hybridized carbons (Fsp3) is 0.188. The van der Waals surface area contributed by atoms with Crippen molar-refractivity contribution < 1.29 is 4.39 Å². The molecule has 1 N–H and O–H groups in total. The number of hydrogen-bond acceptors (Lipinski definition) is 2. The minimum Gasteiger partial charge on any atom is -0.368 e. The van der Waals surface area contributed by atoms with Crippen LogP contribution in [0.2, 0.25) is 0 Å². The first-order valence-corrected chi connectivity index (χ1v) is 6.25. The van der Waals surface area contributed by atoms with Crippen molar-refractivity contribution in [3.05, 3.63) is 66.7 Å². The van der Waals surface area contributed by atoms with Crippen LogP contribution in [-0.2, 0) is 0 Å². The lowest BCUT2D eigenvalue weighted by molar-refractivity contribution is 0.500. The van der Waals surface area contributed by atoms with Crippen LogP contribution in [-0.4, -0.2) is 25.0 Å². The first-order valence-electron chi connectivity index (χ1n) is 6.25. The Balaban J connectivity index is 2.46. The maximum absolute atomic E-state index is 12.8. The van der Waals surface area contributed by atoms with Gasteiger partial charge >= 0.3 is 0 Å². The molecule has 0 aliphatic heterocycles. The van der Waals surface area contributed by atoms with Crippen LogP contribution < -0.4 is 5.32 Å². The van der Waals surface area contributed by atoms with E-state index in [9.17, 15) is 4.39 Å². The summed E-state index contributed by atoms with van der Waals surface area (Å²) in [6.45, 7) is 9.99. The molecule has 0 heterocycles. The molecule has 0 spiro atoms. The number of nitrogens with one attached hydrogen (secondary N) is 1. The molecule has 0 aliphatic rings. The summed E-state index contributed by atoms with van der Waals surface area (Å²) in [5.74, 6) is -0.254. The summed E-state index contributed by atoms with van der Waals surface area (Å²) in [6.07, 6.45) is 5.25. The molecule has 1 rings (SSSR count). The van der Waals surface area contributed by atoms with Crippen molar-refractivity contribution in [1.29, 1.82) is 0 Å². The van der Waals surface area contributed by atoms with Crippen molar-refractivity contribution in [3.8, 4) is 0 Å². The van der Waals surface area contributed by atoms with Gasteiger partial charge in [-0.25, -0.2) is 9.38 Å². The Morgan fingerprint density at radius 2 is 2.05 bits per heavy atom. The average Bonchev–Trinajstić information content (AvgIpc) is 2.43. The van der Waals surface area contributed by atoms with Crippen LogP contribution in [0.25, 0.3) is 5.70 Å². The highest BCUT2D eigenvalue weighted by Gasteiger charge is 1.99. The maximum atomic E-state index is 12.8. The zero-order valence-corrected chi connectivity index (χ0v) is 11.9. The van der Waals surface area contributed by atoms with Gasteiger partial charge in [-0.3, -0.25) is 0 Å². The lowest BCUT2D eigenvalue weighted by Crippen LogP contribution is -2.28. The summed E-state index contributed by atoms with van der Waals surface area (Å²) in [5, 5.41) is 3.15. The third kappa shape index (κ3) is 5.52. The molecule has 3 nitrogen and oxygen atoms in total. The topological polar surface area (TPSA) is 27.6 Å². The van der Waals surface area contributed by atoms with E-state index in [0.717, 1.165) is 17.0 Å². The van der Waals surface area contributed by atoms with Crippen molar-refractivity contribution in [2.24, 2.45) is 4.99 Å². The molecule has 0 amide bonds. The van der Waals surface area contributed by atoms with Gasteiger partial charge in [-0.2, -0.15) is 0 Å². The van der Waals surface area contributed by atoms with Gasteiger partial charge in [0.2, 0.25) is 0 Å². The second-order valence-electron chi connectivity index (χ2n) is 4.37. The molecule has 106 valence electrons. The van der Waals surface area contributed by atoms with E-state index in [1.165, 1.54) is 12.1 Å². The molecule has 0 aliphatic carbocycles. The van der Waals surface area contributed by atoms with E-state index in [-0.39, 0.29) is 5.82 Å². The Labute approximate surface area is 119 Å². The second kappa shape index (κ2) is 7.94. The molecule has 4 heteroatoms. The molecule has 0 saturated carbocycles. The number of allylic oxidation sites excluding steroid dienone is 3. The Hall–Kier alpha value is -2.36. The minimum atomic E-state index is -0.254. The molecule has 0 atom stereocenters. The molecule has 0 bridgehead atoms. The molecular formula is C16H20FN3. The summed E-state index contributed by atoms with van der Waals surface area (Å²) in [7, 11) is 1.90. The van der Waals surface area contributed by atoms with E-state index in [2.05, 4.69) is 23.5 Å². The van der Waals surface area contributed by atoms with Gasteiger partial charge in [0.05, 0.1) is 13.0 Å². The largest absolute Gasteiger partial charge is 0.368 e. The summed E-state index contributed by atoms with van der Waals surface area (Å²) in [4.78, 5) is 6.13. The maximum Gasteiger partial charge on any atom is 0.123 e. The van der Waals surface area contributed by atoms with E-state index in [0.29, 0.717) is 6.67 Å². The number of benzene rings is 1. The lowest BCUT2D eigenvalue weighted by Gasteiger charge is -2.16. The number of rotatable bonds is 7. The van der Waals surface area contributed by atoms with E-state index < -0.39 is 0 Å². The molecule has 0 aromatic heterocycles. The van der Waals surface area contributed by atoms with E-state index in [1.807, 2.05) is 24.9 Å². The Morgan fingerprint density at radius 1 is 1.40 bits per heavy atom. The minimum absolute atomic E-state index is 0.254. The van der Waals surface area contributed by atoms with Crippen molar-refractivity contribution in [3.63, 3.8) is 0 Å². The monoisotopic (exact) mass is 273 g/mol. The summed E-state index contributed by atoms with van der Waals surface area (Å²) in [5.41, 5.74) is 2.48. The van der Waals surface area contributed by atoms with Crippen molar-refractivity contribution in [2.75, 3.05) is 13.7 Å². The van der Waals surface area contributed by atoms with Gasteiger partial charge in [-0.1, -0.05) is 31.4 Å². The first kappa shape index (κ1) is 15.7. The molecule has 0 unspecified atom stereocenters. The van der Waals surface area contributed by atoms with Gasteiger partial charge < -0.3 is 10.2 Å². The van der Waals surface area contributed by atoms with Crippen LogP contribution in [0, 0.1) is 5.82 Å². The van der Waals surface area contributed by atoms with Gasteiger partial charge in [-0.15, -0.1) is 0 Å². The van der Waals surface area contributed by atoms with Crippen LogP contribution in [0.5, 0.6) is 0 Å². The van der Waals surface area contributed by atoms with Crippen molar-refractivity contribution in [1.82, 2.24) is 10.2 Å². The quantitative estimate of drug-likeness (QED) is 0.357. The molecule has 0 saturated heterocycles. The van der Waals surface area contributed by atoms with Crippen LogP contribution >= 0.6 is 0 Å². The predicted molar refractivity (Wildman–Crippen MR) is 83.6 cm³/mol. The van der Waals surface area contributed by atoms with Gasteiger partial charge in [-0.05, 0) is 30.7 Å². The van der Waals surface area contributed by atoms with Crippen LogP contribution in [0.15, 0.2) is 60.3 Å². The first-order chi connectivity index (χ1) is 9.52. The Morgan fingerprint density at radius 3 is 2.65 bits per heavy atom. The number of hydrogen-bond donors (Lipinski definition) is 1. The molecule has 1 aromatic carbocycles. The van der Waals surface area contributed by atoms with Gasteiger partial charge in [0, 0.05) is 18.4 Å². The zero-order valence-electron chi connectivity index (χ0n) is 11.9. The fourth-order valence-electron chi connectivity index (χ4n) is 1.42. The summed E-state index contributed by atoms with van der Waals surface area (Å²) in [6, 6.07) is 6.21. The van der Waals surface area contributed by atoms with Crippen LogP contribution in [0.3, 0.4) is 0 Å². The number of halogens is 1. The molecule has 0 fully saturated rings. The van der Waals surface area contributed by atoms with Gasteiger partial charge in [0.1, 0.15) is 5.82 Å². The predicted octanol–water partition coefficient (Wildman–Crippen LogP) is 3.39. The number of aliphatic imine (C=N–C) groups is 1. The van der Waals surface area contributed by atoms with E-state index >= 15 is 0 Å². The molecule has 1 aromatic rings. The molecule has 0 radical (unpaired) electrons. The fourth-order valence-corrected chi connectivity index (χ4v) is 1.42. The highest BCUT2D eigenvalue weighted by atomic mass is 19.1. The smallest absolute Gasteiger partial charge is 0.123 e. The third-order valence-electron chi connectivity index (χ3n) is 2.55. The highest BCUT2D eigenvalue weighted by molar-refractivity contribution is 5.62. The number of nitrogens with zero attached hydrogens (tertiary/aromatic N) is 2. The second-order valence-corrected chi connectivity index (χ2v) is 4.37. The summed E-state index contributed by atoms with van der Waals surface area (Å²) >= 11 is 0. The van der Waals surface area contributed by atoms with Gasteiger partial charge in [0.15, 0.2) is 0 Å². The molecular weight excluding hydrogens is 253 g/mol. The zero-order chi connectivity index (χ0) is 15.0. The van der Waals surface area contributed by atoms with Crippen LogP contribution in [0.1, 0.15) is 12.5 Å². The van der Waals surface area contributed by atoms with Crippen molar-refractivity contribution in [2.45, 2.75) is 6.92 Å². The average molecular weight is 273 g/mol. The lowest BCUT2D eigenvalue weighted by atomic mass is 10.2. The normalized spacial score (nSPS) is 11.4. The standard InChI is InChI=1S/C16H20FN3/c1-5-6-13(2)18-11-20(4)12-19-14(3)15-7-9-16(17)10-8-15/h5-11,19H,1,3,12H2,2,4H3/b13-6+,18-11?. The summed E-state index contributed by atoms with van der Waals surface area (Å²) < 4.78 is 12.8. The van der Waals surface area contributed by atoms with E-state index in [4.69, 9.17) is 0 Å². The highest BCUT2D eigenvalue weighted by Crippen LogP contribution is 2.09. The van der Waals surface area contributed by atoms with Crippen molar-refractivity contribution >= 4 is 12.0 Å².